The average Bonchev–Trinajstić information content (AvgIpc) is 2.28. The molecule has 0 bridgehead atoms. The Morgan fingerprint density at radius 1 is 1.31 bits per heavy atom. The molecule has 0 saturated carbocycles. The van der Waals surface area contributed by atoms with E-state index in [1.807, 2.05) is 0 Å². The topological polar surface area (TPSA) is 43.4 Å². The SMILES string of the molecule is C=C(C)C(=O)c1cccc(C(=O)OCC)c1. The van der Waals surface area contributed by atoms with E-state index < -0.39 is 5.97 Å². The van der Waals surface area contributed by atoms with Crippen molar-refractivity contribution >= 4 is 11.8 Å². The van der Waals surface area contributed by atoms with Crippen molar-refractivity contribution in [2.75, 3.05) is 6.61 Å². The maximum absolute atomic E-state index is 11.6. The third-order valence-corrected chi connectivity index (χ3v) is 2.02. The van der Waals surface area contributed by atoms with Gasteiger partial charge in [-0.05, 0) is 31.6 Å². The summed E-state index contributed by atoms with van der Waals surface area (Å²) in [5, 5.41) is 0. The van der Waals surface area contributed by atoms with Crippen molar-refractivity contribution in [3.63, 3.8) is 0 Å². The molecule has 16 heavy (non-hydrogen) atoms. The van der Waals surface area contributed by atoms with Gasteiger partial charge in [0.1, 0.15) is 0 Å². The zero-order valence-electron chi connectivity index (χ0n) is 9.45. The lowest BCUT2D eigenvalue weighted by Crippen LogP contribution is -2.07. The van der Waals surface area contributed by atoms with Crippen LogP contribution < -0.4 is 0 Å². The van der Waals surface area contributed by atoms with E-state index in [1.165, 1.54) is 6.07 Å². The summed E-state index contributed by atoms with van der Waals surface area (Å²) >= 11 is 0. The van der Waals surface area contributed by atoms with Gasteiger partial charge in [-0.3, -0.25) is 4.79 Å². The average molecular weight is 218 g/mol. The minimum absolute atomic E-state index is 0.161. The van der Waals surface area contributed by atoms with E-state index in [-0.39, 0.29) is 5.78 Å². The number of carbonyl (C=O) groups excluding carboxylic acids is 2. The highest BCUT2D eigenvalue weighted by atomic mass is 16.5. The largest absolute Gasteiger partial charge is 0.462 e. The minimum atomic E-state index is -0.418. The normalized spacial score (nSPS) is 9.62. The number of benzene rings is 1. The standard InChI is InChI=1S/C13H14O3/c1-4-16-13(15)11-7-5-6-10(8-11)12(14)9(2)3/h5-8H,2,4H2,1,3H3. The number of ketones is 1. The predicted octanol–water partition coefficient (Wildman–Crippen LogP) is 2.62. The van der Waals surface area contributed by atoms with E-state index in [9.17, 15) is 9.59 Å². The van der Waals surface area contributed by atoms with Gasteiger partial charge < -0.3 is 4.74 Å². The highest BCUT2D eigenvalue weighted by Crippen LogP contribution is 2.10. The number of Topliss-reactive ketones (excluding diaryl/α,β-unsaturated/α-hetero) is 1. The van der Waals surface area contributed by atoms with Crippen molar-refractivity contribution in [2.24, 2.45) is 0 Å². The number of hydrogen-bond donors (Lipinski definition) is 0. The van der Waals surface area contributed by atoms with Crippen molar-refractivity contribution in [1.82, 2.24) is 0 Å². The molecule has 0 amide bonds. The van der Waals surface area contributed by atoms with Gasteiger partial charge in [-0.15, -0.1) is 0 Å². The van der Waals surface area contributed by atoms with E-state index in [1.54, 1.807) is 32.0 Å². The molecule has 1 aromatic rings. The molecule has 0 spiro atoms. The number of ether oxygens (including phenoxy) is 1. The molecule has 0 saturated heterocycles. The Morgan fingerprint density at radius 3 is 2.50 bits per heavy atom. The highest BCUT2D eigenvalue weighted by molar-refractivity contribution is 6.08. The molecule has 3 heteroatoms. The Hall–Kier alpha value is -1.90. The molecule has 0 radical (unpaired) electrons. The van der Waals surface area contributed by atoms with Crippen LogP contribution in [0.3, 0.4) is 0 Å². The molecule has 0 aliphatic heterocycles. The van der Waals surface area contributed by atoms with Crippen LogP contribution in [0.4, 0.5) is 0 Å². The van der Waals surface area contributed by atoms with Crippen LogP contribution in [0.5, 0.6) is 0 Å². The first-order valence-electron chi connectivity index (χ1n) is 5.03. The van der Waals surface area contributed by atoms with E-state index in [0.717, 1.165) is 0 Å². The first kappa shape index (κ1) is 12.2. The monoisotopic (exact) mass is 218 g/mol. The molecule has 84 valence electrons. The van der Waals surface area contributed by atoms with Crippen LogP contribution in [0.1, 0.15) is 34.6 Å². The fourth-order valence-electron chi connectivity index (χ4n) is 1.25. The lowest BCUT2D eigenvalue weighted by atomic mass is 10.0. The number of esters is 1. The summed E-state index contributed by atoms with van der Waals surface area (Å²) in [6.45, 7) is 7.27. The molecule has 0 aliphatic carbocycles. The van der Waals surface area contributed by atoms with Gasteiger partial charge in [-0.2, -0.15) is 0 Å². The van der Waals surface area contributed by atoms with Gasteiger partial charge in [0, 0.05) is 5.56 Å². The summed E-state index contributed by atoms with van der Waals surface area (Å²) in [6.07, 6.45) is 0. The predicted molar refractivity (Wildman–Crippen MR) is 61.5 cm³/mol. The zero-order valence-corrected chi connectivity index (χ0v) is 9.45. The molecular weight excluding hydrogens is 204 g/mol. The van der Waals surface area contributed by atoms with Crippen molar-refractivity contribution in [1.29, 1.82) is 0 Å². The van der Waals surface area contributed by atoms with Gasteiger partial charge in [-0.1, -0.05) is 18.7 Å². The molecule has 0 aliphatic rings. The van der Waals surface area contributed by atoms with Crippen molar-refractivity contribution in [2.45, 2.75) is 13.8 Å². The van der Waals surface area contributed by atoms with Gasteiger partial charge in [0.05, 0.1) is 12.2 Å². The molecule has 0 aromatic heterocycles. The molecule has 0 N–H and O–H groups in total. The molecule has 1 rings (SSSR count). The fourth-order valence-corrected chi connectivity index (χ4v) is 1.25. The quantitative estimate of drug-likeness (QED) is 0.443. The van der Waals surface area contributed by atoms with Crippen LogP contribution >= 0.6 is 0 Å². The van der Waals surface area contributed by atoms with Gasteiger partial charge in [0.15, 0.2) is 5.78 Å². The summed E-state index contributed by atoms with van der Waals surface area (Å²) in [5.74, 6) is -0.579. The van der Waals surface area contributed by atoms with Crippen molar-refractivity contribution in [3.05, 3.63) is 47.5 Å². The maximum Gasteiger partial charge on any atom is 0.338 e. The third-order valence-electron chi connectivity index (χ3n) is 2.02. The summed E-state index contributed by atoms with van der Waals surface area (Å²) in [4.78, 5) is 23.1. The zero-order chi connectivity index (χ0) is 12.1. The van der Waals surface area contributed by atoms with E-state index in [2.05, 4.69) is 6.58 Å². The summed E-state index contributed by atoms with van der Waals surface area (Å²) in [6, 6.07) is 6.45. The Kier molecular flexibility index (Phi) is 4.00. The van der Waals surface area contributed by atoms with Crippen LogP contribution in [-0.2, 0) is 4.74 Å². The van der Waals surface area contributed by atoms with Crippen LogP contribution in [-0.4, -0.2) is 18.4 Å². The maximum atomic E-state index is 11.6. The Balaban J connectivity index is 2.99. The Morgan fingerprint density at radius 2 is 1.94 bits per heavy atom. The lowest BCUT2D eigenvalue weighted by molar-refractivity contribution is 0.0526. The molecular formula is C13H14O3. The van der Waals surface area contributed by atoms with E-state index in [0.29, 0.717) is 23.3 Å². The molecule has 1 aromatic carbocycles. The third kappa shape index (κ3) is 2.79. The summed E-state index contributed by atoms with van der Waals surface area (Å²) in [5.41, 5.74) is 1.29. The van der Waals surface area contributed by atoms with Crippen LogP contribution in [0, 0.1) is 0 Å². The van der Waals surface area contributed by atoms with Gasteiger partial charge in [-0.25, -0.2) is 4.79 Å². The smallest absolute Gasteiger partial charge is 0.338 e. The van der Waals surface area contributed by atoms with Gasteiger partial charge in [0.2, 0.25) is 0 Å². The Labute approximate surface area is 94.7 Å². The van der Waals surface area contributed by atoms with Gasteiger partial charge >= 0.3 is 5.97 Å². The molecule has 0 unspecified atom stereocenters. The summed E-state index contributed by atoms with van der Waals surface area (Å²) in [7, 11) is 0. The van der Waals surface area contributed by atoms with Gasteiger partial charge in [0.25, 0.3) is 0 Å². The van der Waals surface area contributed by atoms with Crippen LogP contribution in [0.2, 0.25) is 0 Å². The first-order valence-corrected chi connectivity index (χ1v) is 5.03. The number of allylic oxidation sites excluding steroid dienone is 1. The van der Waals surface area contributed by atoms with E-state index in [4.69, 9.17) is 4.74 Å². The second kappa shape index (κ2) is 5.26. The first-order chi connectivity index (χ1) is 7.56. The lowest BCUT2D eigenvalue weighted by Gasteiger charge is -2.04. The molecule has 0 fully saturated rings. The van der Waals surface area contributed by atoms with Crippen molar-refractivity contribution in [3.8, 4) is 0 Å². The number of carbonyl (C=O) groups is 2. The number of rotatable bonds is 4. The molecule has 3 nitrogen and oxygen atoms in total. The van der Waals surface area contributed by atoms with Crippen LogP contribution in [0.15, 0.2) is 36.4 Å². The number of hydrogen-bond acceptors (Lipinski definition) is 3. The fraction of sp³-hybridized carbons (Fsp3) is 0.231. The van der Waals surface area contributed by atoms with Crippen molar-refractivity contribution < 1.29 is 14.3 Å². The second-order valence-corrected chi connectivity index (χ2v) is 3.41. The Bertz CT molecular complexity index is 433. The highest BCUT2D eigenvalue weighted by Gasteiger charge is 2.11. The molecule has 0 atom stereocenters. The second-order valence-electron chi connectivity index (χ2n) is 3.41. The van der Waals surface area contributed by atoms with Crippen LogP contribution in [0.25, 0.3) is 0 Å². The van der Waals surface area contributed by atoms with E-state index >= 15 is 0 Å². The molecule has 0 heterocycles. The summed E-state index contributed by atoms with van der Waals surface area (Å²) < 4.78 is 4.85. The minimum Gasteiger partial charge on any atom is -0.462 e.